The number of carbonyl (C=O) groups is 1. The molecule has 1 heterocycles. The Morgan fingerprint density at radius 2 is 1.71 bits per heavy atom. The Hall–Kier alpha value is -3.22. The summed E-state index contributed by atoms with van der Waals surface area (Å²) >= 11 is 11.4. The van der Waals surface area contributed by atoms with Crippen LogP contribution in [-0.4, -0.2) is 16.0 Å². The van der Waals surface area contributed by atoms with Gasteiger partial charge in [-0.3, -0.25) is 10.1 Å². The number of nitrogens with zero attached hydrogens (tertiary/aromatic N) is 1. The van der Waals surface area contributed by atoms with Gasteiger partial charge in [-0.2, -0.15) is 0 Å². The molecular weight excluding hydrogens is 430 g/mol. The predicted octanol–water partition coefficient (Wildman–Crippen LogP) is 6.20. The summed E-state index contributed by atoms with van der Waals surface area (Å²) in [6, 6.07) is 16.9. The van der Waals surface area contributed by atoms with Crippen LogP contribution in [0.1, 0.15) is 27.0 Å². The van der Waals surface area contributed by atoms with Crippen molar-refractivity contribution < 1.29 is 9.21 Å². The summed E-state index contributed by atoms with van der Waals surface area (Å²) in [5.74, 6) is 0.186. The number of aryl methyl sites for hydroxylation is 3. The number of amides is 1. The molecule has 156 valence electrons. The van der Waals surface area contributed by atoms with E-state index in [2.05, 4.69) is 21.7 Å². The number of fused-ring (bicyclic) bond motifs is 1. The molecule has 1 aromatic heterocycles. The van der Waals surface area contributed by atoms with E-state index in [1.807, 2.05) is 57.2 Å². The van der Waals surface area contributed by atoms with Gasteiger partial charge in [0.2, 0.25) is 5.89 Å². The third-order valence-corrected chi connectivity index (χ3v) is 5.23. The van der Waals surface area contributed by atoms with Gasteiger partial charge >= 0.3 is 0 Å². The molecule has 0 aliphatic rings. The van der Waals surface area contributed by atoms with Crippen LogP contribution in [0.15, 0.2) is 59.0 Å². The first-order valence-corrected chi connectivity index (χ1v) is 10.4. The Morgan fingerprint density at radius 3 is 2.42 bits per heavy atom. The van der Waals surface area contributed by atoms with E-state index in [0.717, 1.165) is 22.3 Å². The molecule has 2 N–H and O–H groups in total. The first kappa shape index (κ1) is 21.0. The molecule has 0 saturated carbocycles. The highest BCUT2D eigenvalue weighted by molar-refractivity contribution is 7.80. The molecule has 5 nitrogen and oxygen atoms in total. The van der Waals surface area contributed by atoms with Crippen LogP contribution in [0.25, 0.3) is 22.6 Å². The topological polar surface area (TPSA) is 67.2 Å². The van der Waals surface area contributed by atoms with Gasteiger partial charge in [-0.1, -0.05) is 34.9 Å². The second kappa shape index (κ2) is 8.49. The van der Waals surface area contributed by atoms with Crippen molar-refractivity contribution in [3.63, 3.8) is 0 Å². The lowest BCUT2D eigenvalue weighted by Gasteiger charge is -2.10. The number of hydrogen-bond acceptors (Lipinski definition) is 4. The molecule has 0 aliphatic carbocycles. The van der Waals surface area contributed by atoms with E-state index in [1.165, 1.54) is 0 Å². The molecule has 1 amide bonds. The molecule has 0 radical (unpaired) electrons. The number of oxazole rings is 1. The van der Waals surface area contributed by atoms with Gasteiger partial charge < -0.3 is 9.73 Å². The van der Waals surface area contributed by atoms with Gasteiger partial charge in [-0.15, -0.1) is 0 Å². The lowest BCUT2D eigenvalue weighted by Crippen LogP contribution is -2.34. The van der Waals surface area contributed by atoms with E-state index < -0.39 is 0 Å². The summed E-state index contributed by atoms with van der Waals surface area (Å²) < 4.78 is 5.91. The van der Waals surface area contributed by atoms with E-state index in [-0.39, 0.29) is 11.0 Å². The molecule has 31 heavy (non-hydrogen) atoms. The molecule has 4 aromatic rings. The van der Waals surface area contributed by atoms with Crippen LogP contribution in [0.2, 0.25) is 5.02 Å². The zero-order chi connectivity index (χ0) is 22.1. The van der Waals surface area contributed by atoms with Gasteiger partial charge in [0.05, 0.1) is 10.6 Å². The number of halogens is 1. The summed E-state index contributed by atoms with van der Waals surface area (Å²) in [5, 5.41) is 6.20. The molecule has 4 rings (SSSR count). The summed E-state index contributed by atoms with van der Waals surface area (Å²) in [6.45, 7) is 5.99. The van der Waals surface area contributed by atoms with Gasteiger partial charge in [-0.25, -0.2) is 4.98 Å². The standard InChI is InChI=1S/C24H20ClN3O2S/c1-13-4-6-18(19(25)11-13)22(29)28-24(31)26-17-5-7-21-20(12-17)27-23(30-21)16-9-14(2)8-15(3)10-16/h4-12H,1-3H3,(H2,26,28,29,31). The minimum atomic E-state index is -0.373. The Labute approximate surface area is 190 Å². The maximum atomic E-state index is 12.5. The van der Waals surface area contributed by atoms with E-state index in [4.69, 9.17) is 28.2 Å². The van der Waals surface area contributed by atoms with Crippen LogP contribution in [0.3, 0.4) is 0 Å². The lowest BCUT2D eigenvalue weighted by molar-refractivity contribution is 0.0978. The number of anilines is 1. The summed E-state index contributed by atoms with van der Waals surface area (Å²) in [6.07, 6.45) is 0. The number of benzene rings is 3. The normalized spacial score (nSPS) is 10.8. The molecule has 0 fully saturated rings. The first-order valence-electron chi connectivity index (χ1n) is 9.66. The van der Waals surface area contributed by atoms with Crippen molar-refractivity contribution in [1.29, 1.82) is 0 Å². The second-order valence-corrected chi connectivity index (χ2v) is 8.28. The number of nitrogens with one attached hydrogen (secondary N) is 2. The quantitative estimate of drug-likeness (QED) is 0.364. The van der Waals surface area contributed by atoms with E-state index >= 15 is 0 Å². The highest BCUT2D eigenvalue weighted by Crippen LogP contribution is 2.27. The predicted molar refractivity (Wildman–Crippen MR) is 129 cm³/mol. The average Bonchev–Trinajstić information content (AvgIpc) is 3.10. The minimum absolute atomic E-state index is 0.166. The fourth-order valence-corrected chi connectivity index (χ4v) is 3.90. The van der Waals surface area contributed by atoms with Crippen molar-refractivity contribution in [3.05, 3.63) is 81.9 Å². The Morgan fingerprint density at radius 1 is 0.968 bits per heavy atom. The number of aromatic nitrogens is 1. The van der Waals surface area contributed by atoms with Crippen LogP contribution >= 0.6 is 23.8 Å². The molecule has 0 saturated heterocycles. The fourth-order valence-electron chi connectivity index (χ4n) is 3.36. The van der Waals surface area contributed by atoms with Crippen LogP contribution in [0, 0.1) is 20.8 Å². The second-order valence-electron chi connectivity index (χ2n) is 7.47. The van der Waals surface area contributed by atoms with Crippen molar-refractivity contribution in [1.82, 2.24) is 10.3 Å². The van der Waals surface area contributed by atoms with Gasteiger partial charge in [0.25, 0.3) is 5.91 Å². The molecule has 0 aliphatic heterocycles. The highest BCUT2D eigenvalue weighted by atomic mass is 35.5. The van der Waals surface area contributed by atoms with Crippen LogP contribution in [0.4, 0.5) is 5.69 Å². The van der Waals surface area contributed by atoms with Gasteiger partial charge in [-0.05, 0) is 81.0 Å². The maximum Gasteiger partial charge on any atom is 0.258 e. The van der Waals surface area contributed by atoms with Crippen molar-refractivity contribution in [2.75, 3.05) is 5.32 Å². The summed E-state index contributed by atoms with van der Waals surface area (Å²) in [4.78, 5) is 17.1. The van der Waals surface area contributed by atoms with E-state index in [9.17, 15) is 4.79 Å². The molecule has 7 heteroatoms. The third kappa shape index (κ3) is 4.76. The molecular formula is C24H20ClN3O2S. The first-order chi connectivity index (χ1) is 14.8. The zero-order valence-corrected chi connectivity index (χ0v) is 18.8. The average molecular weight is 450 g/mol. The van der Waals surface area contributed by atoms with Crippen molar-refractivity contribution in [3.8, 4) is 11.5 Å². The summed E-state index contributed by atoms with van der Waals surface area (Å²) in [7, 11) is 0. The largest absolute Gasteiger partial charge is 0.436 e. The molecule has 0 unspecified atom stereocenters. The molecule has 0 bridgehead atoms. The molecule has 0 atom stereocenters. The van der Waals surface area contributed by atoms with E-state index in [0.29, 0.717) is 33.3 Å². The molecule has 0 spiro atoms. The van der Waals surface area contributed by atoms with Gasteiger partial charge in [0.1, 0.15) is 5.52 Å². The number of hydrogen-bond donors (Lipinski definition) is 2. The van der Waals surface area contributed by atoms with Crippen LogP contribution < -0.4 is 10.6 Å². The van der Waals surface area contributed by atoms with Gasteiger partial charge in [0, 0.05) is 11.3 Å². The van der Waals surface area contributed by atoms with Crippen molar-refractivity contribution in [2.24, 2.45) is 0 Å². The minimum Gasteiger partial charge on any atom is -0.436 e. The Kier molecular flexibility index (Phi) is 5.76. The van der Waals surface area contributed by atoms with E-state index in [1.54, 1.807) is 12.1 Å². The Balaban J connectivity index is 1.50. The number of carbonyl (C=O) groups excluding carboxylic acids is 1. The van der Waals surface area contributed by atoms with Crippen LogP contribution in [-0.2, 0) is 0 Å². The smallest absolute Gasteiger partial charge is 0.258 e. The number of rotatable bonds is 3. The zero-order valence-electron chi connectivity index (χ0n) is 17.2. The number of thiocarbonyl (C=S) groups is 1. The monoisotopic (exact) mass is 449 g/mol. The Bertz CT molecular complexity index is 1310. The van der Waals surface area contributed by atoms with Crippen LogP contribution in [0.5, 0.6) is 0 Å². The lowest BCUT2D eigenvalue weighted by atomic mass is 10.1. The van der Waals surface area contributed by atoms with Gasteiger partial charge in [0.15, 0.2) is 10.7 Å². The van der Waals surface area contributed by atoms with Crippen molar-refractivity contribution in [2.45, 2.75) is 20.8 Å². The van der Waals surface area contributed by atoms with Crippen molar-refractivity contribution >= 4 is 51.6 Å². The highest BCUT2D eigenvalue weighted by Gasteiger charge is 2.13. The summed E-state index contributed by atoms with van der Waals surface area (Å²) in [5.41, 5.74) is 6.61. The molecule has 3 aromatic carbocycles. The fraction of sp³-hybridized carbons (Fsp3) is 0.125. The SMILES string of the molecule is Cc1cc(C)cc(-c2nc3cc(NC(=S)NC(=O)c4ccc(C)cc4Cl)ccc3o2)c1. The third-order valence-electron chi connectivity index (χ3n) is 4.71. The maximum absolute atomic E-state index is 12.5.